The normalized spacial score (nSPS) is 10.1. The predicted molar refractivity (Wildman–Crippen MR) is 63.9 cm³/mol. The summed E-state index contributed by atoms with van der Waals surface area (Å²) in [6.45, 7) is 3.07. The van der Waals surface area contributed by atoms with Gasteiger partial charge in [0, 0.05) is 11.9 Å². The summed E-state index contributed by atoms with van der Waals surface area (Å²) in [6.07, 6.45) is 0. The predicted octanol–water partition coefficient (Wildman–Crippen LogP) is 2.36. The molecule has 0 radical (unpaired) electrons. The second-order valence-electron chi connectivity index (χ2n) is 2.91. The summed E-state index contributed by atoms with van der Waals surface area (Å²) in [6, 6.07) is 5.85. The highest BCUT2D eigenvalue weighted by molar-refractivity contribution is 7.99. The molecule has 0 saturated heterocycles. The summed E-state index contributed by atoms with van der Waals surface area (Å²) in [4.78, 5) is 1.12. The zero-order valence-corrected chi connectivity index (χ0v) is 10.2. The smallest absolute Gasteiger partial charge is 0.136 e. The molecular formula is C11H17NO2S. The van der Waals surface area contributed by atoms with E-state index in [4.69, 9.17) is 9.47 Å². The first kappa shape index (κ1) is 12.2. The Balaban J connectivity index is 2.69. The number of hydrogen-bond acceptors (Lipinski definition) is 4. The van der Waals surface area contributed by atoms with E-state index in [0.29, 0.717) is 0 Å². The minimum absolute atomic E-state index is 0.819. The standard InChI is InChI=1S/C11H17NO2S/c1-4-12-8-15-11-6-5-9(13-2)7-10(11)14-3/h5-7,12H,4,8H2,1-3H3. The van der Waals surface area contributed by atoms with Gasteiger partial charge in [-0.2, -0.15) is 0 Å². The second-order valence-corrected chi connectivity index (χ2v) is 3.93. The molecule has 1 N–H and O–H groups in total. The first-order valence-corrected chi connectivity index (χ1v) is 5.86. The van der Waals surface area contributed by atoms with Crippen LogP contribution < -0.4 is 14.8 Å². The Bertz CT molecular complexity index is 305. The van der Waals surface area contributed by atoms with Crippen molar-refractivity contribution in [1.82, 2.24) is 5.32 Å². The van der Waals surface area contributed by atoms with Crippen LogP contribution in [0.3, 0.4) is 0 Å². The SMILES string of the molecule is CCNCSc1ccc(OC)cc1OC. The van der Waals surface area contributed by atoms with Gasteiger partial charge in [-0.1, -0.05) is 6.92 Å². The fourth-order valence-electron chi connectivity index (χ4n) is 1.12. The zero-order chi connectivity index (χ0) is 11.1. The lowest BCUT2D eigenvalue weighted by molar-refractivity contribution is 0.387. The van der Waals surface area contributed by atoms with E-state index in [2.05, 4.69) is 12.2 Å². The van der Waals surface area contributed by atoms with Crippen molar-refractivity contribution in [2.24, 2.45) is 0 Å². The molecule has 0 amide bonds. The third kappa shape index (κ3) is 3.64. The van der Waals surface area contributed by atoms with E-state index in [1.54, 1.807) is 26.0 Å². The highest BCUT2D eigenvalue weighted by atomic mass is 32.2. The van der Waals surface area contributed by atoms with Crippen LogP contribution >= 0.6 is 11.8 Å². The van der Waals surface area contributed by atoms with Crippen LogP contribution in [0.15, 0.2) is 23.1 Å². The Morgan fingerprint density at radius 3 is 2.67 bits per heavy atom. The number of methoxy groups -OCH3 is 2. The first-order chi connectivity index (χ1) is 7.31. The van der Waals surface area contributed by atoms with E-state index in [1.807, 2.05) is 18.2 Å². The van der Waals surface area contributed by atoms with Crippen LogP contribution in [-0.4, -0.2) is 26.6 Å². The summed E-state index contributed by atoms with van der Waals surface area (Å²) in [7, 11) is 3.33. The fourth-order valence-corrected chi connectivity index (χ4v) is 2.04. The highest BCUT2D eigenvalue weighted by Gasteiger charge is 2.04. The Hall–Kier alpha value is -0.870. The Morgan fingerprint density at radius 2 is 2.07 bits per heavy atom. The summed E-state index contributed by atoms with van der Waals surface area (Å²) in [5, 5.41) is 3.25. The van der Waals surface area contributed by atoms with E-state index < -0.39 is 0 Å². The molecule has 0 atom stereocenters. The molecule has 3 nitrogen and oxygen atoms in total. The maximum atomic E-state index is 5.29. The lowest BCUT2D eigenvalue weighted by atomic mass is 10.3. The number of benzene rings is 1. The molecule has 0 aromatic heterocycles. The number of nitrogens with one attached hydrogen (secondary N) is 1. The topological polar surface area (TPSA) is 30.5 Å². The molecule has 84 valence electrons. The third-order valence-corrected chi connectivity index (χ3v) is 2.95. The van der Waals surface area contributed by atoms with Gasteiger partial charge in [0.2, 0.25) is 0 Å². The summed E-state index contributed by atoms with van der Waals surface area (Å²) >= 11 is 1.72. The summed E-state index contributed by atoms with van der Waals surface area (Å²) in [5.74, 6) is 2.57. The monoisotopic (exact) mass is 227 g/mol. The molecular weight excluding hydrogens is 210 g/mol. The van der Waals surface area contributed by atoms with Crippen molar-refractivity contribution in [3.05, 3.63) is 18.2 Å². The Labute approximate surface area is 95.2 Å². The number of rotatable bonds is 6. The van der Waals surface area contributed by atoms with Crippen molar-refractivity contribution in [3.63, 3.8) is 0 Å². The van der Waals surface area contributed by atoms with E-state index in [0.717, 1.165) is 28.8 Å². The molecule has 1 aromatic carbocycles. The molecule has 0 aliphatic carbocycles. The van der Waals surface area contributed by atoms with Gasteiger partial charge in [-0.3, -0.25) is 0 Å². The van der Waals surface area contributed by atoms with E-state index in [1.165, 1.54) is 0 Å². The number of ether oxygens (including phenoxy) is 2. The van der Waals surface area contributed by atoms with E-state index >= 15 is 0 Å². The average molecular weight is 227 g/mol. The van der Waals surface area contributed by atoms with Crippen LogP contribution in [0.25, 0.3) is 0 Å². The molecule has 4 heteroatoms. The van der Waals surface area contributed by atoms with E-state index in [9.17, 15) is 0 Å². The van der Waals surface area contributed by atoms with Crippen molar-refractivity contribution in [2.45, 2.75) is 11.8 Å². The number of thioether (sulfide) groups is 1. The van der Waals surface area contributed by atoms with Crippen molar-refractivity contribution in [1.29, 1.82) is 0 Å². The van der Waals surface area contributed by atoms with Gasteiger partial charge in [0.05, 0.1) is 19.1 Å². The highest BCUT2D eigenvalue weighted by Crippen LogP contribution is 2.31. The third-order valence-electron chi connectivity index (χ3n) is 1.95. The van der Waals surface area contributed by atoms with Gasteiger partial charge in [0.1, 0.15) is 11.5 Å². The summed E-state index contributed by atoms with van der Waals surface area (Å²) in [5.41, 5.74) is 0. The van der Waals surface area contributed by atoms with Crippen molar-refractivity contribution >= 4 is 11.8 Å². The van der Waals surface area contributed by atoms with Gasteiger partial charge in [-0.15, -0.1) is 11.8 Å². The molecule has 0 heterocycles. The van der Waals surface area contributed by atoms with Gasteiger partial charge in [0.25, 0.3) is 0 Å². The van der Waals surface area contributed by atoms with Crippen LogP contribution in [0.2, 0.25) is 0 Å². The zero-order valence-electron chi connectivity index (χ0n) is 9.37. The van der Waals surface area contributed by atoms with Crippen LogP contribution in [0.4, 0.5) is 0 Å². The fraction of sp³-hybridized carbons (Fsp3) is 0.455. The average Bonchev–Trinajstić information content (AvgIpc) is 2.29. The lowest BCUT2D eigenvalue weighted by Gasteiger charge is -2.09. The Kier molecular flexibility index (Phi) is 5.36. The minimum Gasteiger partial charge on any atom is -0.497 e. The molecule has 0 saturated carbocycles. The molecule has 0 aliphatic heterocycles. The minimum atomic E-state index is 0.819. The molecule has 15 heavy (non-hydrogen) atoms. The van der Waals surface area contributed by atoms with Crippen LogP contribution in [0.5, 0.6) is 11.5 Å². The van der Waals surface area contributed by atoms with Crippen LogP contribution in [0.1, 0.15) is 6.92 Å². The van der Waals surface area contributed by atoms with E-state index in [-0.39, 0.29) is 0 Å². The van der Waals surface area contributed by atoms with Gasteiger partial charge in [0.15, 0.2) is 0 Å². The Morgan fingerprint density at radius 1 is 1.27 bits per heavy atom. The molecule has 0 bridgehead atoms. The molecule has 1 aromatic rings. The first-order valence-electron chi connectivity index (χ1n) is 4.87. The lowest BCUT2D eigenvalue weighted by Crippen LogP contribution is -2.10. The molecule has 0 fully saturated rings. The van der Waals surface area contributed by atoms with Gasteiger partial charge >= 0.3 is 0 Å². The van der Waals surface area contributed by atoms with Crippen LogP contribution in [0, 0.1) is 0 Å². The van der Waals surface area contributed by atoms with Crippen LogP contribution in [-0.2, 0) is 0 Å². The quantitative estimate of drug-likeness (QED) is 0.459. The van der Waals surface area contributed by atoms with Gasteiger partial charge < -0.3 is 14.8 Å². The maximum absolute atomic E-state index is 5.29. The molecule has 0 aliphatic rings. The van der Waals surface area contributed by atoms with Crippen molar-refractivity contribution in [3.8, 4) is 11.5 Å². The van der Waals surface area contributed by atoms with Gasteiger partial charge in [-0.25, -0.2) is 0 Å². The summed E-state index contributed by atoms with van der Waals surface area (Å²) < 4.78 is 10.4. The second kappa shape index (κ2) is 6.58. The van der Waals surface area contributed by atoms with Gasteiger partial charge in [-0.05, 0) is 18.7 Å². The molecule has 0 unspecified atom stereocenters. The number of hydrogen-bond donors (Lipinski definition) is 1. The molecule has 1 rings (SSSR count). The largest absolute Gasteiger partial charge is 0.497 e. The van der Waals surface area contributed by atoms with Crippen molar-refractivity contribution < 1.29 is 9.47 Å². The maximum Gasteiger partial charge on any atom is 0.136 e. The molecule has 0 spiro atoms. The van der Waals surface area contributed by atoms with Crippen molar-refractivity contribution in [2.75, 3.05) is 26.6 Å².